The summed E-state index contributed by atoms with van der Waals surface area (Å²) in [6.45, 7) is 0. The second-order valence-corrected chi connectivity index (χ2v) is 3.98. The molecule has 0 saturated carbocycles. The molecule has 0 unspecified atom stereocenters. The quantitative estimate of drug-likeness (QED) is 0.762. The van der Waals surface area contributed by atoms with E-state index in [0.29, 0.717) is 6.42 Å². The average Bonchev–Trinajstić information content (AvgIpc) is 2.30. The maximum atomic E-state index is 12.3. The van der Waals surface area contributed by atoms with Crippen molar-refractivity contribution in [2.45, 2.75) is 25.4 Å². The molecular weight excluding hydrogens is 227 g/mol. The van der Waals surface area contributed by atoms with Crippen molar-refractivity contribution < 1.29 is 13.2 Å². The zero-order valence-corrected chi connectivity index (χ0v) is 9.17. The summed E-state index contributed by atoms with van der Waals surface area (Å²) in [6.07, 6.45) is 5.82. The van der Waals surface area contributed by atoms with E-state index in [2.05, 4.69) is 17.1 Å². The smallest absolute Gasteiger partial charge is 0.251 e. The molecule has 0 amide bonds. The highest BCUT2D eigenvalue weighted by atomic mass is 19.4. The second-order valence-electron chi connectivity index (χ2n) is 3.98. The number of hydrogen-bond acceptors (Lipinski definition) is 1. The van der Waals surface area contributed by atoms with Crippen LogP contribution in [0.25, 0.3) is 0 Å². The molecule has 0 saturated heterocycles. The Morgan fingerprint density at radius 1 is 1.18 bits per heavy atom. The standard InChI is InChI=1S/C13H12F3N/c14-13(15,16)12-7-6-11(9-17-12)8-10-4-2-1-3-5-10/h2,4-7,9H,1,3,8H2. The van der Waals surface area contributed by atoms with Gasteiger partial charge in [-0.2, -0.15) is 13.2 Å². The van der Waals surface area contributed by atoms with Crippen LogP contribution >= 0.6 is 0 Å². The molecule has 1 aromatic rings. The number of alkyl halides is 3. The minimum Gasteiger partial charge on any atom is -0.251 e. The lowest BCUT2D eigenvalue weighted by Crippen LogP contribution is -2.07. The Labute approximate surface area is 97.7 Å². The van der Waals surface area contributed by atoms with Crippen LogP contribution in [-0.2, 0) is 12.6 Å². The first-order valence-corrected chi connectivity index (χ1v) is 5.43. The fraction of sp³-hybridized carbons (Fsp3) is 0.308. The molecule has 0 aromatic carbocycles. The van der Waals surface area contributed by atoms with E-state index in [-0.39, 0.29) is 0 Å². The Kier molecular flexibility index (Phi) is 3.31. The zero-order valence-electron chi connectivity index (χ0n) is 9.17. The van der Waals surface area contributed by atoms with Crippen LogP contribution in [0.5, 0.6) is 0 Å². The van der Waals surface area contributed by atoms with Crippen LogP contribution in [0.3, 0.4) is 0 Å². The van der Waals surface area contributed by atoms with Crippen molar-refractivity contribution in [2.24, 2.45) is 0 Å². The van der Waals surface area contributed by atoms with Crippen molar-refractivity contribution in [1.82, 2.24) is 4.98 Å². The van der Waals surface area contributed by atoms with Crippen molar-refractivity contribution in [3.63, 3.8) is 0 Å². The fourth-order valence-electron chi connectivity index (χ4n) is 1.73. The number of nitrogens with zero attached hydrogens (tertiary/aromatic N) is 1. The number of halogens is 3. The molecule has 0 radical (unpaired) electrons. The van der Waals surface area contributed by atoms with Crippen molar-refractivity contribution in [2.75, 3.05) is 0 Å². The number of rotatable bonds is 2. The van der Waals surface area contributed by atoms with Gasteiger partial charge in [-0.25, -0.2) is 0 Å². The van der Waals surface area contributed by atoms with Crippen LogP contribution in [0.1, 0.15) is 24.1 Å². The first-order valence-electron chi connectivity index (χ1n) is 5.43. The Bertz CT molecular complexity index is 441. The van der Waals surface area contributed by atoms with Crippen molar-refractivity contribution >= 4 is 0 Å². The highest BCUT2D eigenvalue weighted by Gasteiger charge is 2.31. The summed E-state index contributed by atoms with van der Waals surface area (Å²) in [5.41, 5.74) is 1.10. The second kappa shape index (κ2) is 4.73. The topological polar surface area (TPSA) is 12.9 Å². The highest BCUT2D eigenvalue weighted by molar-refractivity contribution is 5.29. The Morgan fingerprint density at radius 2 is 2.00 bits per heavy atom. The molecule has 2 rings (SSSR count). The lowest BCUT2D eigenvalue weighted by molar-refractivity contribution is -0.141. The molecule has 1 aliphatic rings. The number of aromatic nitrogens is 1. The van der Waals surface area contributed by atoms with Gasteiger partial charge >= 0.3 is 6.18 Å². The summed E-state index contributed by atoms with van der Waals surface area (Å²) >= 11 is 0. The van der Waals surface area contributed by atoms with Gasteiger partial charge in [-0.05, 0) is 36.5 Å². The van der Waals surface area contributed by atoms with E-state index in [1.54, 1.807) is 0 Å². The van der Waals surface area contributed by atoms with E-state index in [9.17, 15) is 13.2 Å². The van der Waals surface area contributed by atoms with E-state index in [1.807, 2.05) is 6.08 Å². The van der Waals surface area contributed by atoms with Crippen LogP contribution in [0.4, 0.5) is 13.2 Å². The van der Waals surface area contributed by atoms with Gasteiger partial charge in [0.15, 0.2) is 0 Å². The molecule has 0 aliphatic heterocycles. The van der Waals surface area contributed by atoms with E-state index in [0.717, 1.165) is 30.0 Å². The molecular formula is C13H12F3N. The predicted octanol–water partition coefficient (Wildman–Crippen LogP) is 3.92. The van der Waals surface area contributed by atoms with E-state index >= 15 is 0 Å². The van der Waals surface area contributed by atoms with Crippen LogP contribution in [0, 0.1) is 0 Å². The first-order chi connectivity index (χ1) is 8.05. The molecule has 0 spiro atoms. The molecule has 90 valence electrons. The Hall–Kier alpha value is -1.58. The van der Waals surface area contributed by atoms with Crippen molar-refractivity contribution in [1.29, 1.82) is 0 Å². The molecule has 0 bridgehead atoms. The molecule has 1 heterocycles. The van der Waals surface area contributed by atoms with Crippen LogP contribution in [0.2, 0.25) is 0 Å². The Morgan fingerprint density at radius 3 is 2.53 bits per heavy atom. The fourth-order valence-corrected chi connectivity index (χ4v) is 1.73. The maximum Gasteiger partial charge on any atom is 0.433 e. The van der Waals surface area contributed by atoms with E-state index < -0.39 is 11.9 Å². The summed E-state index contributed by atoms with van der Waals surface area (Å²) in [5.74, 6) is 0. The SMILES string of the molecule is FC(F)(F)c1ccc(CC2=CCCC=C2)cn1. The third kappa shape index (κ3) is 3.19. The van der Waals surface area contributed by atoms with Crippen LogP contribution < -0.4 is 0 Å². The van der Waals surface area contributed by atoms with Gasteiger partial charge in [-0.3, -0.25) is 4.98 Å². The summed E-state index contributed by atoms with van der Waals surface area (Å²) in [6, 6.07) is 2.52. The van der Waals surface area contributed by atoms with Gasteiger partial charge in [-0.15, -0.1) is 0 Å². The summed E-state index contributed by atoms with van der Waals surface area (Å²) in [5, 5.41) is 0. The number of hydrogen-bond donors (Lipinski definition) is 0. The molecule has 0 fully saturated rings. The minimum atomic E-state index is -4.36. The van der Waals surface area contributed by atoms with E-state index in [4.69, 9.17) is 0 Å². The van der Waals surface area contributed by atoms with Crippen LogP contribution in [-0.4, -0.2) is 4.98 Å². The van der Waals surface area contributed by atoms with Crippen LogP contribution in [0.15, 0.2) is 42.1 Å². The van der Waals surface area contributed by atoms with Gasteiger partial charge in [0.1, 0.15) is 5.69 Å². The summed E-state index contributed by atoms with van der Waals surface area (Å²) in [4.78, 5) is 3.44. The number of allylic oxidation sites excluding steroid dienone is 4. The molecule has 1 nitrogen and oxygen atoms in total. The first kappa shape index (κ1) is 11.9. The van der Waals surface area contributed by atoms with Gasteiger partial charge in [0.2, 0.25) is 0 Å². The van der Waals surface area contributed by atoms with Crippen molar-refractivity contribution in [3.05, 3.63) is 53.4 Å². The molecule has 17 heavy (non-hydrogen) atoms. The average molecular weight is 239 g/mol. The minimum absolute atomic E-state index is 0.641. The third-order valence-electron chi connectivity index (χ3n) is 2.60. The summed E-state index contributed by atoms with van der Waals surface area (Å²) in [7, 11) is 0. The predicted molar refractivity (Wildman–Crippen MR) is 59.4 cm³/mol. The van der Waals surface area contributed by atoms with Gasteiger partial charge < -0.3 is 0 Å². The summed E-state index contributed by atoms with van der Waals surface area (Å²) < 4.78 is 36.9. The van der Waals surface area contributed by atoms with Gasteiger partial charge in [-0.1, -0.05) is 24.3 Å². The van der Waals surface area contributed by atoms with Gasteiger partial charge in [0, 0.05) is 6.20 Å². The normalized spacial score (nSPS) is 15.8. The lowest BCUT2D eigenvalue weighted by Gasteiger charge is -2.08. The lowest BCUT2D eigenvalue weighted by atomic mass is 10.0. The molecule has 1 aromatic heterocycles. The maximum absolute atomic E-state index is 12.3. The zero-order chi connectivity index (χ0) is 12.3. The van der Waals surface area contributed by atoms with Crippen molar-refractivity contribution in [3.8, 4) is 0 Å². The highest BCUT2D eigenvalue weighted by Crippen LogP contribution is 2.27. The van der Waals surface area contributed by atoms with Gasteiger partial charge in [0.05, 0.1) is 0 Å². The Balaban J connectivity index is 2.08. The van der Waals surface area contributed by atoms with E-state index in [1.165, 1.54) is 12.3 Å². The monoisotopic (exact) mass is 239 g/mol. The van der Waals surface area contributed by atoms with Gasteiger partial charge in [0.25, 0.3) is 0 Å². The molecule has 0 N–H and O–H groups in total. The molecule has 4 heteroatoms. The molecule has 0 atom stereocenters. The molecule has 1 aliphatic carbocycles. The third-order valence-corrected chi connectivity index (χ3v) is 2.60. The largest absolute Gasteiger partial charge is 0.433 e. The number of pyridine rings is 1.